The van der Waals surface area contributed by atoms with Gasteiger partial charge in [0.2, 0.25) is 11.8 Å². The molecule has 0 aliphatic carbocycles. The van der Waals surface area contributed by atoms with Gasteiger partial charge in [-0.15, -0.1) is 0 Å². The Labute approximate surface area is 269 Å². The zero-order chi connectivity index (χ0) is 31.5. The normalized spacial score (nSPS) is 11.9. The molecule has 4 rings (SSSR count). The molecule has 4 aromatic rings. The second kappa shape index (κ2) is 15.7. The molecule has 0 aromatic heterocycles. The minimum Gasteiger partial charge on any atom is -0.354 e. The second-order valence-corrected chi connectivity index (χ2v) is 13.4. The van der Waals surface area contributed by atoms with Crippen molar-refractivity contribution < 1.29 is 18.0 Å². The second-order valence-electron chi connectivity index (χ2n) is 10.7. The number of sulfonamides is 1. The van der Waals surface area contributed by atoms with Gasteiger partial charge < -0.3 is 10.2 Å². The lowest BCUT2D eigenvalue weighted by atomic mass is 10.0. The fourth-order valence-corrected chi connectivity index (χ4v) is 6.80. The average Bonchev–Trinajstić information content (AvgIpc) is 3.02. The van der Waals surface area contributed by atoms with Gasteiger partial charge in [0.15, 0.2) is 0 Å². The summed E-state index contributed by atoms with van der Waals surface area (Å²) in [5.41, 5.74) is 2.92. The minimum atomic E-state index is -4.12. The van der Waals surface area contributed by atoms with Crippen molar-refractivity contribution in [1.29, 1.82) is 0 Å². The molecule has 2 amide bonds. The quantitative estimate of drug-likeness (QED) is 0.154. The highest BCUT2D eigenvalue weighted by Crippen LogP contribution is 2.26. The van der Waals surface area contributed by atoms with Crippen molar-refractivity contribution >= 4 is 43.5 Å². The van der Waals surface area contributed by atoms with E-state index in [4.69, 9.17) is 0 Å². The van der Waals surface area contributed by atoms with Crippen LogP contribution in [-0.2, 0) is 32.6 Å². The Morgan fingerprint density at radius 1 is 0.841 bits per heavy atom. The standard InChI is InChI=1S/C35H38BrN3O4S/c1-3-4-21-37-35(41)33(24-28-14-7-5-8-15-28)38(25-29-16-12-17-30(36)23-29)34(40)26-39(31-18-11-13-27(2)22-31)44(42,43)32-19-9-6-10-20-32/h5-20,22-23,33H,3-4,21,24-26H2,1-2H3,(H,37,41)/t33-/m0/s1. The van der Waals surface area contributed by atoms with Crippen molar-refractivity contribution in [2.75, 3.05) is 17.4 Å². The Morgan fingerprint density at radius 2 is 1.50 bits per heavy atom. The van der Waals surface area contributed by atoms with E-state index in [1.165, 1.54) is 17.0 Å². The summed E-state index contributed by atoms with van der Waals surface area (Å²) in [5.74, 6) is -0.767. The Balaban J connectivity index is 1.78. The molecule has 0 aliphatic heterocycles. The highest BCUT2D eigenvalue weighted by Gasteiger charge is 2.34. The van der Waals surface area contributed by atoms with Gasteiger partial charge in [-0.3, -0.25) is 13.9 Å². The van der Waals surface area contributed by atoms with Crippen LogP contribution in [0.4, 0.5) is 5.69 Å². The molecule has 7 nitrogen and oxygen atoms in total. The van der Waals surface area contributed by atoms with Gasteiger partial charge in [0, 0.05) is 24.0 Å². The molecule has 1 atom stereocenters. The molecule has 9 heteroatoms. The maximum Gasteiger partial charge on any atom is 0.264 e. The molecule has 0 aliphatic rings. The summed E-state index contributed by atoms with van der Waals surface area (Å²) in [6.07, 6.45) is 1.99. The molecule has 0 unspecified atom stereocenters. The molecule has 0 fully saturated rings. The summed E-state index contributed by atoms with van der Waals surface area (Å²) in [5, 5.41) is 3.01. The molecule has 1 N–H and O–H groups in total. The number of amides is 2. The summed E-state index contributed by atoms with van der Waals surface area (Å²) >= 11 is 3.51. The average molecular weight is 677 g/mol. The van der Waals surface area contributed by atoms with Crippen LogP contribution >= 0.6 is 15.9 Å². The number of benzene rings is 4. The van der Waals surface area contributed by atoms with Crippen LogP contribution in [-0.4, -0.2) is 44.3 Å². The van der Waals surface area contributed by atoms with E-state index in [9.17, 15) is 18.0 Å². The molecule has 230 valence electrons. The topological polar surface area (TPSA) is 86.8 Å². The fraction of sp³-hybridized carbons (Fsp3) is 0.257. The Bertz CT molecular complexity index is 1650. The molecular weight excluding hydrogens is 638 g/mol. The third-order valence-electron chi connectivity index (χ3n) is 7.24. The number of carbonyl (C=O) groups excluding carboxylic acids is 2. The summed E-state index contributed by atoms with van der Waals surface area (Å²) in [6.45, 7) is 4.03. The first kappa shape index (κ1) is 33.0. The summed E-state index contributed by atoms with van der Waals surface area (Å²) in [4.78, 5) is 29.9. The number of rotatable bonds is 14. The molecule has 0 radical (unpaired) electrons. The molecule has 4 aromatic carbocycles. The van der Waals surface area contributed by atoms with Crippen LogP contribution in [0, 0.1) is 6.92 Å². The first-order chi connectivity index (χ1) is 21.2. The number of nitrogens with zero attached hydrogens (tertiary/aromatic N) is 2. The minimum absolute atomic E-state index is 0.0750. The van der Waals surface area contributed by atoms with E-state index in [-0.39, 0.29) is 23.8 Å². The smallest absolute Gasteiger partial charge is 0.264 e. The number of aryl methyl sites for hydroxylation is 1. The lowest BCUT2D eigenvalue weighted by molar-refractivity contribution is -0.140. The van der Waals surface area contributed by atoms with Gasteiger partial charge in [-0.2, -0.15) is 0 Å². The van der Waals surface area contributed by atoms with Crippen molar-refractivity contribution in [2.24, 2.45) is 0 Å². The van der Waals surface area contributed by atoms with Gasteiger partial charge in [0.05, 0.1) is 10.6 Å². The van der Waals surface area contributed by atoms with Gasteiger partial charge in [-0.1, -0.05) is 102 Å². The lowest BCUT2D eigenvalue weighted by Gasteiger charge is -2.34. The molecule has 0 spiro atoms. The number of nitrogens with one attached hydrogen (secondary N) is 1. The zero-order valence-corrected chi connectivity index (χ0v) is 27.4. The van der Waals surface area contributed by atoms with Crippen molar-refractivity contribution in [2.45, 2.75) is 50.6 Å². The SMILES string of the molecule is CCCCNC(=O)[C@H](Cc1ccccc1)N(Cc1cccc(Br)c1)C(=O)CN(c1cccc(C)c1)S(=O)(=O)c1ccccc1. The van der Waals surface area contributed by atoms with Crippen molar-refractivity contribution in [3.05, 3.63) is 130 Å². The van der Waals surface area contributed by atoms with E-state index < -0.39 is 28.5 Å². The predicted molar refractivity (Wildman–Crippen MR) is 179 cm³/mol. The Hall–Kier alpha value is -3.95. The molecule has 0 saturated heterocycles. The number of anilines is 1. The Kier molecular flexibility index (Phi) is 11.7. The fourth-order valence-electron chi connectivity index (χ4n) is 4.92. The van der Waals surface area contributed by atoms with E-state index in [1.54, 1.807) is 36.4 Å². The maximum atomic E-state index is 14.5. The van der Waals surface area contributed by atoms with E-state index in [0.717, 1.165) is 38.3 Å². The first-order valence-corrected chi connectivity index (χ1v) is 16.9. The largest absolute Gasteiger partial charge is 0.354 e. The van der Waals surface area contributed by atoms with Crippen LogP contribution in [0.25, 0.3) is 0 Å². The molecule has 0 bridgehead atoms. The van der Waals surface area contributed by atoms with Crippen LogP contribution in [0.5, 0.6) is 0 Å². The number of hydrogen-bond acceptors (Lipinski definition) is 4. The number of carbonyl (C=O) groups is 2. The van der Waals surface area contributed by atoms with Crippen molar-refractivity contribution in [3.63, 3.8) is 0 Å². The summed E-state index contributed by atoms with van der Waals surface area (Å²) < 4.78 is 30.1. The predicted octanol–water partition coefficient (Wildman–Crippen LogP) is 6.51. The van der Waals surface area contributed by atoms with Crippen molar-refractivity contribution in [1.82, 2.24) is 10.2 Å². The number of halogens is 1. The third-order valence-corrected chi connectivity index (χ3v) is 9.52. The van der Waals surface area contributed by atoms with Gasteiger partial charge >= 0.3 is 0 Å². The lowest BCUT2D eigenvalue weighted by Crippen LogP contribution is -2.53. The van der Waals surface area contributed by atoms with E-state index in [2.05, 4.69) is 21.2 Å². The highest BCUT2D eigenvalue weighted by molar-refractivity contribution is 9.10. The van der Waals surface area contributed by atoms with E-state index >= 15 is 0 Å². The van der Waals surface area contributed by atoms with Gasteiger partial charge in [-0.05, 0) is 66.4 Å². The number of unbranched alkanes of at least 4 members (excludes halogenated alkanes) is 1. The van der Waals surface area contributed by atoms with E-state index in [0.29, 0.717) is 12.2 Å². The molecular formula is C35H38BrN3O4S. The summed E-state index contributed by atoms with van der Waals surface area (Å²) in [6, 6.07) is 31.3. The molecule has 0 saturated carbocycles. The van der Waals surface area contributed by atoms with Gasteiger partial charge in [0.25, 0.3) is 10.0 Å². The third kappa shape index (κ3) is 8.80. The van der Waals surface area contributed by atoms with Crippen LogP contribution in [0.3, 0.4) is 0 Å². The van der Waals surface area contributed by atoms with Crippen LogP contribution in [0.1, 0.15) is 36.5 Å². The molecule has 44 heavy (non-hydrogen) atoms. The first-order valence-electron chi connectivity index (χ1n) is 14.7. The molecule has 0 heterocycles. The van der Waals surface area contributed by atoms with Crippen LogP contribution < -0.4 is 9.62 Å². The number of hydrogen-bond donors (Lipinski definition) is 1. The van der Waals surface area contributed by atoms with E-state index in [1.807, 2.05) is 74.5 Å². The van der Waals surface area contributed by atoms with Crippen molar-refractivity contribution in [3.8, 4) is 0 Å². The zero-order valence-electron chi connectivity index (χ0n) is 25.0. The summed E-state index contributed by atoms with van der Waals surface area (Å²) in [7, 11) is -4.12. The van der Waals surface area contributed by atoms with Crippen LogP contribution in [0.15, 0.2) is 119 Å². The van der Waals surface area contributed by atoms with Gasteiger partial charge in [-0.25, -0.2) is 8.42 Å². The monoisotopic (exact) mass is 675 g/mol. The highest BCUT2D eigenvalue weighted by atomic mass is 79.9. The van der Waals surface area contributed by atoms with Gasteiger partial charge in [0.1, 0.15) is 12.6 Å². The van der Waals surface area contributed by atoms with Crippen LogP contribution in [0.2, 0.25) is 0 Å². The maximum absolute atomic E-state index is 14.5. The Morgan fingerprint density at radius 3 is 2.16 bits per heavy atom.